The molecule has 0 aliphatic heterocycles. The maximum absolute atomic E-state index is 11.9. The molecule has 5 heteroatoms. The van der Waals surface area contributed by atoms with Crippen molar-refractivity contribution < 1.29 is 19.1 Å². The minimum absolute atomic E-state index is 0.0321. The van der Waals surface area contributed by atoms with E-state index in [2.05, 4.69) is 19.2 Å². The van der Waals surface area contributed by atoms with Crippen LogP contribution in [0.1, 0.15) is 46.4 Å². The highest BCUT2D eigenvalue weighted by Gasteiger charge is 2.14. The van der Waals surface area contributed by atoms with E-state index in [-0.39, 0.29) is 11.5 Å². The highest BCUT2D eigenvalue weighted by atomic mass is 16.4. The number of nitrogens with one attached hydrogen (secondary N) is 1. The maximum Gasteiger partial charge on any atom is 0.371 e. The van der Waals surface area contributed by atoms with Crippen molar-refractivity contribution in [2.24, 2.45) is 0 Å². The van der Waals surface area contributed by atoms with E-state index in [0.29, 0.717) is 11.6 Å². The van der Waals surface area contributed by atoms with E-state index < -0.39 is 11.9 Å². The second-order valence-corrected chi connectivity index (χ2v) is 4.70. The number of furan rings is 1. The third-order valence-corrected chi connectivity index (χ3v) is 2.88. The van der Waals surface area contributed by atoms with Gasteiger partial charge in [-0.15, -0.1) is 0 Å². The van der Waals surface area contributed by atoms with Crippen LogP contribution in [0.2, 0.25) is 0 Å². The van der Waals surface area contributed by atoms with E-state index in [9.17, 15) is 9.59 Å². The van der Waals surface area contributed by atoms with Crippen molar-refractivity contribution in [3.63, 3.8) is 0 Å². The van der Waals surface area contributed by atoms with Gasteiger partial charge in [0.15, 0.2) is 5.76 Å². The van der Waals surface area contributed by atoms with Crippen molar-refractivity contribution in [1.82, 2.24) is 0 Å². The van der Waals surface area contributed by atoms with Gasteiger partial charge < -0.3 is 14.8 Å². The van der Waals surface area contributed by atoms with Crippen molar-refractivity contribution in [3.8, 4) is 0 Å². The number of amides is 1. The first-order valence-electron chi connectivity index (χ1n) is 6.22. The summed E-state index contributed by atoms with van der Waals surface area (Å²) in [6.45, 7) is 4.17. The summed E-state index contributed by atoms with van der Waals surface area (Å²) in [7, 11) is 0. The third-order valence-electron chi connectivity index (χ3n) is 2.88. The van der Waals surface area contributed by atoms with Gasteiger partial charge >= 0.3 is 5.97 Å². The zero-order chi connectivity index (χ0) is 14.7. The lowest BCUT2D eigenvalue weighted by atomic mass is 10.0. The van der Waals surface area contributed by atoms with E-state index in [1.807, 2.05) is 12.1 Å². The molecular formula is C15H15NO4. The summed E-state index contributed by atoms with van der Waals surface area (Å²) in [6.07, 6.45) is 0. The standard InChI is InChI=1S/C15H15NO4/c1-9(2)10-3-5-11(6-4-10)16-14(17)12-7-8-13(20-12)15(18)19/h3-9H,1-2H3,(H,16,17)(H,18,19). The molecule has 0 spiro atoms. The van der Waals surface area contributed by atoms with Crippen LogP contribution < -0.4 is 5.32 Å². The lowest BCUT2D eigenvalue weighted by Gasteiger charge is -2.07. The van der Waals surface area contributed by atoms with Gasteiger partial charge in [0.25, 0.3) is 5.91 Å². The number of aromatic carboxylic acids is 1. The number of rotatable bonds is 4. The number of carboxylic acids is 1. The van der Waals surface area contributed by atoms with Crippen molar-refractivity contribution >= 4 is 17.6 Å². The van der Waals surface area contributed by atoms with Crippen LogP contribution in [0.5, 0.6) is 0 Å². The van der Waals surface area contributed by atoms with Crippen molar-refractivity contribution in [2.75, 3.05) is 5.32 Å². The van der Waals surface area contributed by atoms with Gasteiger partial charge in [-0.2, -0.15) is 0 Å². The quantitative estimate of drug-likeness (QED) is 0.895. The Balaban J connectivity index is 2.08. The number of carboxylic acid groups (broad SMARTS) is 1. The number of carbonyl (C=O) groups excluding carboxylic acids is 1. The van der Waals surface area contributed by atoms with Crippen LogP contribution in [0.25, 0.3) is 0 Å². The van der Waals surface area contributed by atoms with Crippen LogP contribution in [0.4, 0.5) is 5.69 Å². The fourth-order valence-electron chi connectivity index (χ4n) is 1.72. The summed E-state index contributed by atoms with van der Waals surface area (Å²) < 4.78 is 4.93. The van der Waals surface area contributed by atoms with Gasteiger partial charge in [0.05, 0.1) is 0 Å². The molecule has 104 valence electrons. The Morgan fingerprint density at radius 1 is 1.05 bits per heavy atom. The molecule has 0 saturated carbocycles. The summed E-state index contributed by atoms with van der Waals surface area (Å²) in [5.74, 6) is -1.55. The Kier molecular flexibility index (Phi) is 3.89. The molecule has 0 radical (unpaired) electrons. The molecule has 1 amide bonds. The first kappa shape index (κ1) is 13.9. The molecular weight excluding hydrogens is 258 g/mol. The van der Waals surface area contributed by atoms with Gasteiger partial charge in [0.1, 0.15) is 0 Å². The third kappa shape index (κ3) is 3.06. The first-order valence-corrected chi connectivity index (χ1v) is 6.22. The molecule has 2 N–H and O–H groups in total. The number of benzene rings is 1. The summed E-state index contributed by atoms with van der Waals surface area (Å²) in [5, 5.41) is 11.4. The van der Waals surface area contributed by atoms with Crippen molar-refractivity contribution in [3.05, 3.63) is 53.5 Å². The second kappa shape index (κ2) is 5.61. The Morgan fingerprint density at radius 3 is 2.15 bits per heavy atom. The lowest BCUT2D eigenvalue weighted by Crippen LogP contribution is -2.11. The fourth-order valence-corrected chi connectivity index (χ4v) is 1.72. The fraction of sp³-hybridized carbons (Fsp3) is 0.200. The van der Waals surface area contributed by atoms with Gasteiger partial charge in [-0.25, -0.2) is 4.79 Å². The van der Waals surface area contributed by atoms with Crippen LogP contribution in [-0.4, -0.2) is 17.0 Å². The van der Waals surface area contributed by atoms with Gasteiger partial charge in [-0.05, 0) is 35.7 Å². The average Bonchev–Trinajstić information content (AvgIpc) is 2.89. The van der Waals surface area contributed by atoms with E-state index in [4.69, 9.17) is 9.52 Å². The van der Waals surface area contributed by atoms with Gasteiger partial charge in [-0.1, -0.05) is 26.0 Å². The normalized spacial score (nSPS) is 10.6. The second-order valence-electron chi connectivity index (χ2n) is 4.70. The van der Waals surface area contributed by atoms with Crippen LogP contribution in [0.3, 0.4) is 0 Å². The number of hydrogen-bond donors (Lipinski definition) is 2. The molecule has 1 aromatic heterocycles. The summed E-state index contributed by atoms with van der Waals surface area (Å²) in [6, 6.07) is 10.1. The first-order chi connectivity index (χ1) is 9.47. The van der Waals surface area contributed by atoms with E-state index >= 15 is 0 Å². The SMILES string of the molecule is CC(C)c1ccc(NC(=O)c2ccc(C(=O)O)o2)cc1. The van der Waals surface area contributed by atoms with Crippen molar-refractivity contribution in [2.45, 2.75) is 19.8 Å². The molecule has 0 aliphatic carbocycles. The molecule has 2 rings (SSSR count). The van der Waals surface area contributed by atoms with Crippen LogP contribution >= 0.6 is 0 Å². The van der Waals surface area contributed by atoms with E-state index in [1.54, 1.807) is 12.1 Å². The largest absolute Gasteiger partial charge is 0.475 e. The van der Waals surface area contributed by atoms with Crippen LogP contribution in [0, 0.1) is 0 Å². The van der Waals surface area contributed by atoms with Gasteiger partial charge in [0, 0.05) is 5.69 Å². The maximum atomic E-state index is 11.9. The molecule has 0 unspecified atom stereocenters. The lowest BCUT2D eigenvalue weighted by molar-refractivity contribution is 0.0660. The monoisotopic (exact) mass is 273 g/mol. The van der Waals surface area contributed by atoms with Gasteiger partial charge in [0.2, 0.25) is 5.76 Å². The molecule has 20 heavy (non-hydrogen) atoms. The highest BCUT2D eigenvalue weighted by molar-refractivity contribution is 6.02. The summed E-state index contributed by atoms with van der Waals surface area (Å²) in [4.78, 5) is 22.5. The van der Waals surface area contributed by atoms with Crippen LogP contribution in [-0.2, 0) is 0 Å². The van der Waals surface area contributed by atoms with Crippen LogP contribution in [0.15, 0.2) is 40.8 Å². The van der Waals surface area contributed by atoms with Gasteiger partial charge in [-0.3, -0.25) is 4.79 Å². The molecule has 1 aromatic carbocycles. The predicted octanol–water partition coefficient (Wildman–Crippen LogP) is 3.35. The Bertz CT molecular complexity index is 626. The number of hydrogen-bond acceptors (Lipinski definition) is 3. The molecule has 0 saturated heterocycles. The Labute approximate surface area is 116 Å². The molecule has 5 nitrogen and oxygen atoms in total. The highest BCUT2D eigenvalue weighted by Crippen LogP contribution is 2.18. The summed E-state index contributed by atoms with van der Waals surface area (Å²) in [5.41, 5.74) is 1.81. The Hall–Kier alpha value is -2.56. The molecule has 0 fully saturated rings. The molecule has 0 bridgehead atoms. The molecule has 1 heterocycles. The molecule has 2 aromatic rings. The minimum atomic E-state index is -1.20. The minimum Gasteiger partial charge on any atom is -0.475 e. The smallest absolute Gasteiger partial charge is 0.371 e. The van der Waals surface area contributed by atoms with E-state index in [0.717, 1.165) is 0 Å². The summed E-state index contributed by atoms with van der Waals surface area (Å²) >= 11 is 0. The zero-order valence-corrected chi connectivity index (χ0v) is 11.2. The number of anilines is 1. The van der Waals surface area contributed by atoms with E-state index in [1.165, 1.54) is 17.7 Å². The average molecular weight is 273 g/mol. The number of carbonyl (C=O) groups is 2. The predicted molar refractivity (Wildman–Crippen MR) is 74.2 cm³/mol. The Morgan fingerprint density at radius 2 is 1.65 bits per heavy atom. The van der Waals surface area contributed by atoms with Crippen molar-refractivity contribution in [1.29, 1.82) is 0 Å². The topological polar surface area (TPSA) is 79.5 Å². The zero-order valence-electron chi connectivity index (χ0n) is 11.2. The molecule has 0 aliphatic rings. The molecule has 0 atom stereocenters.